The molecule has 0 aliphatic heterocycles. The van der Waals surface area contributed by atoms with E-state index in [0.29, 0.717) is 12.0 Å². The van der Waals surface area contributed by atoms with Crippen molar-refractivity contribution in [3.8, 4) is 0 Å². The molecule has 0 spiro atoms. The summed E-state index contributed by atoms with van der Waals surface area (Å²) in [7, 11) is 0. The number of unbranched alkanes of at least 4 members (excludes halogenated alkanes) is 2. The van der Waals surface area contributed by atoms with Gasteiger partial charge in [0.25, 0.3) is 0 Å². The lowest BCUT2D eigenvalue weighted by molar-refractivity contribution is 0.412. The van der Waals surface area contributed by atoms with Gasteiger partial charge < -0.3 is 9.88 Å². The van der Waals surface area contributed by atoms with Gasteiger partial charge in [-0.2, -0.15) is 0 Å². The Bertz CT molecular complexity index is 315. The van der Waals surface area contributed by atoms with Crippen LogP contribution in [-0.2, 0) is 6.54 Å². The van der Waals surface area contributed by atoms with Gasteiger partial charge in [-0.3, -0.25) is 0 Å². The van der Waals surface area contributed by atoms with Gasteiger partial charge in [0.1, 0.15) is 0 Å². The second-order valence-electron chi connectivity index (χ2n) is 5.57. The van der Waals surface area contributed by atoms with Gasteiger partial charge in [0.15, 0.2) is 0 Å². The molecule has 104 valence electrons. The van der Waals surface area contributed by atoms with E-state index in [1.807, 2.05) is 0 Å². The zero-order valence-electron chi connectivity index (χ0n) is 12.6. The van der Waals surface area contributed by atoms with Crippen molar-refractivity contribution in [3.63, 3.8) is 0 Å². The monoisotopic (exact) mass is 250 g/mol. The van der Waals surface area contributed by atoms with Crippen molar-refractivity contribution in [1.29, 1.82) is 0 Å². The molecule has 0 aromatic carbocycles. The SMILES string of the molecule is CCCCCn1ccc(C(NCCC)C(C)C)c1. The quantitative estimate of drug-likeness (QED) is 0.644. The molecule has 1 atom stereocenters. The van der Waals surface area contributed by atoms with Crippen molar-refractivity contribution >= 4 is 0 Å². The zero-order chi connectivity index (χ0) is 13.4. The maximum atomic E-state index is 3.65. The van der Waals surface area contributed by atoms with Gasteiger partial charge in [0, 0.05) is 25.0 Å². The molecule has 0 amide bonds. The van der Waals surface area contributed by atoms with E-state index in [1.165, 1.54) is 31.2 Å². The molecule has 0 aliphatic rings. The summed E-state index contributed by atoms with van der Waals surface area (Å²) in [6, 6.07) is 2.77. The molecular weight excluding hydrogens is 220 g/mol. The third-order valence-corrected chi connectivity index (χ3v) is 3.43. The Morgan fingerprint density at radius 3 is 2.56 bits per heavy atom. The van der Waals surface area contributed by atoms with Crippen LogP contribution in [0, 0.1) is 5.92 Å². The Kier molecular flexibility index (Phi) is 7.11. The maximum absolute atomic E-state index is 3.65. The average molecular weight is 250 g/mol. The van der Waals surface area contributed by atoms with Gasteiger partial charge in [-0.15, -0.1) is 0 Å². The summed E-state index contributed by atoms with van der Waals surface area (Å²) in [6.45, 7) is 11.3. The first-order valence-corrected chi connectivity index (χ1v) is 7.58. The first kappa shape index (κ1) is 15.3. The predicted molar refractivity (Wildman–Crippen MR) is 79.8 cm³/mol. The molecule has 0 fully saturated rings. The lowest BCUT2D eigenvalue weighted by atomic mass is 9.98. The minimum Gasteiger partial charge on any atom is -0.354 e. The Hall–Kier alpha value is -0.760. The second-order valence-corrected chi connectivity index (χ2v) is 5.57. The van der Waals surface area contributed by atoms with E-state index in [1.54, 1.807) is 0 Å². The standard InChI is InChI=1S/C16H30N2/c1-5-7-8-11-18-12-9-15(13-18)16(14(3)4)17-10-6-2/h9,12-14,16-17H,5-8,10-11H2,1-4H3. The summed E-state index contributed by atoms with van der Waals surface area (Å²) in [5.74, 6) is 0.642. The van der Waals surface area contributed by atoms with E-state index < -0.39 is 0 Å². The van der Waals surface area contributed by atoms with E-state index >= 15 is 0 Å². The van der Waals surface area contributed by atoms with Crippen LogP contribution in [0.1, 0.15) is 65.0 Å². The van der Waals surface area contributed by atoms with Crippen molar-refractivity contribution < 1.29 is 0 Å². The minimum absolute atomic E-state index is 0.498. The fourth-order valence-corrected chi connectivity index (χ4v) is 2.37. The highest BCUT2D eigenvalue weighted by atomic mass is 15.0. The van der Waals surface area contributed by atoms with Crippen molar-refractivity contribution in [2.45, 2.75) is 66.0 Å². The van der Waals surface area contributed by atoms with Gasteiger partial charge in [-0.1, -0.05) is 40.5 Å². The Labute approximate surface area is 113 Å². The number of nitrogens with one attached hydrogen (secondary N) is 1. The number of hydrogen-bond donors (Lipinski definition) is 1. The Balaban J connectivity index is 2.57. The molecule has 0 bridgehead atoms. The third-order valence-electron chi connectivity index (χ3n) is 3.43. The largest absolute Gasteiger partial charge is 0.354 e. The van der Waals surface area contributed by atoms with Crippen LogP contribution in [0.3, 0.4) is 0 Å². The molecule has 0 saturated carbocycles. The van der Waals surface area contributed by atoms with Gasteiger partial charge >= 0.3 is 0 Å². The van der Waals surface area contributed by atoms with E-state index in [9.17, 15) is 0 Å². The smallest absolute Gasteiger partial charge is 0.0358 e. The molecule has 0 radical (unpaired) electrons. The fraction of sp³-hybridized carbons (Fsp3) is 0.750. The Morgan fingerprint density at radius 1 is 1.17 bits per heavy atom. The van der Waals surface area contributed by atoms with Crippen LogP contribution in [0.25, 0.3) is 0 Å². The lowest BCUT2D eigenvalue weighted by Crippen LogP contribution is -2.26. The molecule has 2 heteroatoms. The van der Waals surface area contributed by atoms with Crippen molar-refractivity contribution in [1.82, 2.24) is 9.88 Å². The van der Waals surface area contributed by atoms with Crippen molar-refractivity contribution in [3.05, 3.63) is 24.0 Å². The molecule has 1 aromatic rings. The normalized spacial score (nSPS) is 13.2. The van der Waals surface area contributed by atoms with Gasteiger partial charge in [-0.25, -0.2) is 0 Å². The molecular formula is C16H30N2. The van der Waals surface area contributed by atoms with Crippen molar-refractivity contribution in [2.24, 2.45) is 5.92 Å². The van der Waals surface area contributed by atoms with Crippen LogP contribution >= 0.6 is 0 Å². The topological polar surface area (TPSA) is 17.0 Å². The molecule has 18 heavy (non-hydrogen) atoms. The number of nitrogens with zero attached hydrogens (tertiary/aromatic N) is 1. The summed E-state index contributed by atoms with van der Waals surface area (Å²) >= 11 is 0. The summed E-state index contributed by atoms with van der Waals surface area (Å²) in [4.78, 5) is 0. The average Bonchev–Trinajstić information content (AvgIpc) is 2.78. The van der Waals surface area contributed by atoms with E-state index in [0.717, 1.165) is 13.1 Å². The summed E-state index contributed by atoms with van der Waals surface area (Å²) in [5, 5.41) is 3.65. The number of aryl methyl sites for hydroxylation is 1. The molecule has 1 rings (SSSR count). The minimum atomic E-state index is 0.498. The molecule has 1 aromatic heterocycles. The number of aromatic nitrogens is 1. The van der Waals surface area contributed by atoms with E-state index in [-0.39, 0.29) is 0 Å². The van der Waals surface area contributed by atoms with E-state index in [4.69, 9.17) is 0 Å². The van der Waals surface area contributed by atoms with E-state index in [2.05, 4.69) is 56.0 Å². The summed E-state index contributed by atoms with van der Waals surface area (Å²) in [6.07, 6.45) is 9.66. The van der Waals surface area contributed by atoms with Gasteiger partial charge in [0.05, 0.1) is 0 Å². The summed E-state index contributed by atoms with van der Waals surface area (Å²) < 4.78 is 2.34. The summed E-state index contributed by atoms with van der Waals surface area (Å²) in [5.41, 5.74) is 1.44. The number of hydrogen-bond acceptors (Lipinski definition) is 1. The van der Waals surface area contributed by atoms with Crippen LogP contribution in [0.5, 0.6) is 0 Å². The maximum Gasteiger partial charge on any atom is 0.0358 e. The highest BCUT2D eigenvalue weighted by molar-refractivity contribution is 5.16. The molecule has 0 saturated heterocycles. The molecule has 1 heterocycles. The fourth-order valence-electron chi connectivity index (χ4n) is 2.37. The molecule has 1 N–H and O–H groups in total. The molecule has 1 unspecified atom stereocenters. The predicted octanol–water partition coefficient (Wildman–Crippen LogP) is 4.38. The highest BCUT2D eigenvalue weighted by Crippen LogP contribution is 2.22. The van der Waals surface area contributed by atoms with Gasteiger partial charge in [-0.05, 0) is 36.9 Å². The number of rotatable bonds is 9. The zero-order valence-corrected chi connectivity index (χ0v) is 12.6. The van der Waals surface area contributed by atoms with Crippen LogP contribution in [-0.4, -0.2) is 11.1 Å². The van der Waals surface area contributed by atoms with Gasteiger partial charge in [0.2, 0.25) is 0 Å². The molecule has 0 aliphatic carbocycles. The van der Waals surface area contributed by atoms with Crippen molar-refractivity contribution in [2.75, 3.05) is 6.54 Å². The van der Waals surface area contributed by atoms with Crippen LogP contribution in [0.2, 0.25) is 0 Å². The first-order valence-electron chi connectivity index (χ1n) is 7.58. The highest BCUT2D eigenvalue weighted by Gasteiger charge is 2.15. The second kappa shape index (κ2) is 8.36. The molecule has 2 nitrogen and oxygen atoms in total. The lowest BCUT2D eigenvalue weighted by Gasteiger charge is -2.21. The first-order chi connectivity index (χ1) is 8.69. The third kappa shape index (κ3) is 4.85. The van der Waals surface area contributed by atoms with Crippen LogP contribution < -0.4 is 5.32 Å². The van der Waals surface area contributed by atoms with Crippen LogP contribution in [0.15, 0.2) is 18.5 Å². The Morgan fingerprint density at radius 2 is 1.94 bits per heavy atom. The van der Waals surface area contributed by atoms with Crippen LogP contribution in [0.4, 0.5) is 0 Å².